The standard InChI is InChI=1S/C39H44N4O7/c1-29(44)42-37(35(23-41-43-40)47-25-32-17-9-4-10-18-32)39(50-30(2)45)38(49-27-34-21-13-6-14-22-34)36(48-26-33-19-11-5-12-20-33)28-46-24-31-15-7-3-8-16-31/h3-22,35-39H,23-28H2,1-2H3,(H,42,44)/t35-,36+,37+,38+,39+/m0/s1. The first-order chi connectivity index (χ1) is 24.4. The molecule has 262 valence electrons. The number of nitrogens with zero attached hydrogens (tertiary/aromatic N) is 3. The fraction of sp³-hybridized carbons (Fsp3) is 0.333. The van der Waals surface area contributed by atoms with Crippen molar-refractivity contribution in [2.45, 2.75) is 70.7 Å². The van der Waals surface area contributed by atoms with E-state index in [4.69, 9.17) is 23.7 Å². The summed E-state index contributed by atoms with van der Waals surface area (Å²) < 4.78 is 31.8. The van der Waals surface area contributed by atoms with Crippen LogP contribution in [-0.2, 0) is 59.7 Å². The van der Waals surface area contributed by atoms with Gasteiger partial charge >= 0.3 is 5.97 Å². The van der Waals surface area contributed by atoms with Gasteiger partial charge in [-0.1, -0.05) is 126 Å². The van der Waals surface area contributed by atoms with Gasteiger partial charge in [0.1, 0.15) is 12.2 Å². The minimum absolute atomic E-state index is 0.0532. The van der Waals surface area contributed by atoms with E-state index in [1.807, 2.05) is 121 Å². The van der Waals surface area contributed by atoms with Crippen molar-refractivity contribution in [2.75, 3.05) is 13.2 Å². The highest BCUT2D eigenvalue weighted by Crippen LogP contribution is 2.24. The Hall–Kier alpha value is -5.03. The zero-order valence-electron chi connectivity index (χ0n) is 28.4. The lowest BCUT2D eigenvalue weighted by Gasteiger charge is -2.39. The molecule has 0 saturated heterocycles. The van der Waals surface area contributed by atoms with Crippen LogP contribution in [0.2, 0.25) is 0 Å². The van der Waals surface area contributed by atoms with Gasteiger partial charge in [0, 0.05) is 18.8 Å². The van der Waals surface area contributed by atoms with Gasteiger partial charge in [-0.05, 0) is 27.8 Å². The molecule has 4 rings (SSSR count). The number of amides is 1. The number of carbonyl (C=O) groups is 2. The van der Waals surface area contributed by atoms with Crippen molar-refractivity contribution < 1.29 is 33.3 Å². The number of benzene rings is 4. The molecule has 11 heteroatoms. The molecule has 0 aliphatic rings. The van der Waals surface area contributed by atoms with Gasteiger partial charge in [-0.25, -0.2) is 0 Å². The molecule has 50 heavy (non-hydrogen) atoms. The lowest BCUT2D eigenvalue weighted by Crippen LogP contribution is -2.60. The van der Waals surface area contributed by atoms with Crippen LogP contribution in [0.5, 0.6) is 0 Å². The summed E-state index contributed by atoms with van der Waals surface area (Å²) in [6.45, 7) is 3.29. The zero-order chi connectivity index (χ0) is 35.4. The second kappa shape index (κ2) is 21.1. The van der Waals surface area contributed by atoms with Crippen LogP contribution in [0.1, 0.15) is 36.1 Å². The molecule has 0 spiro atoms. The molecule has 4 aromatic rings. The summed E-state index contributed by atoms with van der Waals surface area (Å²) in [5.74, 6) is -1.03. The predicted octanol–water partition coefficient (Wildman–Crippen LogP) is 6.71. The van der Waals surface area contributed by atoms with E-state index in [0.29, 0.717) is 6.61 Å². The van der Waals surface area contributed by atoms with Gasteiger partial charge in [0.2, 0.25) is 5.91 Å². The first-order valence-electron chi connectivity index (χ1n) is 16.5. The third-order valence-corrected chi connectivity index (χ3v) is 7.73. The largest absolute Gasteiger partial charge is 0.457 e. The van der Waals surface area contributed by atoms with Crippen molar-refractivity contribution in [3.05, 3.63) is 154 Å². The van der Waals surface area contributed by atoms with Gasteiger partial charge in [0.25, 0.3) is 0 Å². The van der Waals surface area contributed by atoms with E-state index in [9.17, 15) is 15.1 Å². The summed E-state index contributed by atoms with van der Waals surface area (Å²) in [7, 11) is 0. The fourth-order valence-corrected chi connectivity index (χ4v) is 5.38. The minimum Gasteiger partial charge on any atom is -0.457 e. The Bertz CT molecular complexity index is 1610. The van der Waals surface area contributed by atoms with Gasteiger partial charge in [-0.15, -0.1) is 0 Å². The van der Waals surface area contributed by atoms with Crippen molar-refractivity contribution >= 4 is 11.9 Å². The molecule has 0 aromatic heterocycles. The zero-order valence-corrected chi connectivity index (χ0v) is 28.4. The summed E-state index contributed by atoms with van der Waals surface area (Å²) >= 11 is 0. The Morgan fingerprint density at radius 3 is 1.52 bits per heavy atom. The van der Waals surface area contributed by atoms with Crippen molar-refractivity contribution in [3.8, 4) is 0 Å². The highest BCUT2D eigenvalue weighted by Gasteiger charge is 2.43. The van der Waals surface area contributed by atoms with Crippen LogP contribution in [0.3, 0.4) is 0 Å². The molecule has 0 fully saturated rings. The first-order valence-corrected chi connectivity index (χ1v) is 16.5. The van der Waals surface area contributed by atoms with E-state index in [0.717, 1.165) is 22.3 Å². The van der Waals surface area contributed by atoms with Crippen LogP contribution in [0.25, 0.3) is 10.4 Å². The number of esters is 1. The van der Waals surface area contributed by atoms with Gasteiger partial charge in [0.15, 0.2) is 6.10 Å². The van der Waals surface area contributed by atoms with Crippen molar-refractivity contribution in [3.63, 3.8) is 0 Å². The molecular weight excluding hydrogens is 636 g/mol. The summed E-state index contributed by atoms with van der Waals surface area (Å²) in [4.78, 5) is 28.6. The summed E-state index contributed by atoms with van der Waals surface area (Å²) in [5.41, 5.74) is 12.9. The Morgan fingerprint density at radius 2 is 1.08 bits per heavy atom. The number of hydrogen-bond acceptors (Lipinski definition) is 8. The van der Waals surface area contributed by atoms with Gasteiger partial charge in [0.05, 0.1) is 51.7 Å². The van der Waals surface area contributed by atoms with Crippen LogP contribution in [0, 0.1) is 0 Å². The summed E-state index contributed by atoms with van der Waals surface area (Å²) in [5, 5.41) is 6.72. The topological polar surface area (TPSA) is 141 Å². The predicted molar refractivity (Wildman–Crippen MR) is 188 cm³/mol. The van der Waals surface area contributed by atoms with Gasteiger partial charge in [-0.3, -0.25) is 9.59 Å². The molecule has 0 bridgehead atoms. The molecule has 0 aliphatic heterocycles. The van der Waals surface area contributed by atoms with E-state index < -0.39 is 42.3 Å². The Labute approximate surface area is 293 Å². The maximum Gasteiger partial charge on any atom is 0.303 e. The minimum atomic E-state index is -1.17. The van der Waals surface area contributed by atoms with Crippen LogP contribution in [0.15, 0.2) is 126 Å². The van der Waals surface area contributed by atoms with E-state index in [2.05, 4.69) is 15.3 Å². The maximum absolute atomic E-state index is 12.9. The highest BCUT2D eigenvalue weighted by molar-refractivity contribution is 5.73. The van der Waals surface area contributed by atoms with E-state index in [1.165, 1.54) is 13.8 Å². The van der Waals surface area contributed by atoms with E-state index in [1.54, 1.807) is 0 Å². The maximum atomic E-state index is 12.9. The SMILES string of the molecule is CC(=O)N[C@@H]([C@@H](OC(C)=O)[C@H](OCc1ccccc1)[C@@H](COCc1ccccc1)OCc1ccccc1)[C@H](CN=[N+]=[N-])OCc1ccccc1. The lowest BCUT2D eigenvalue weighted by atomic mass is 9.95. The van der Waals surface area contributed by atoms with Gasteiger partial charge in [-0.2, -0.15) is 0 Å². The monoisotopic (exact) mass is 680 g/mol. The molecule has 0 saturated carbocycles. The Morgan fingerprint density at radius 1 is 0.640 bits per heavy atom. The molecule has 11 nitrogen and oxygen atoms in total. The number of hydrogen-bond donors (Lipinski definition) is 1. The van der Waals surface area contributed by atoms with E-state index in [-0.39, 0.29) is 33.0 Å². The van der Waals surface area contributed by atoms with E-state index >= 15 is 0 Å². The molecule has 0 aliphatic carbocycles. The average Bonchev–Trinajstić information content (AvgIpc) is 3.14. The number of carbonyl (C=O) groups excluding carboxylic acids is 2. The quantitative estimate of drug-likeness (QED) is 0.0447. The average molecular weight is 681 g/mol. The third-order valence-electron chi connectivity index (χ3n) is 7.73. The molecule has 1 N–H and O–H groups in total. The second-order valence-corrected chi connectivity index (χ2v) is 11.6. The normalized spacial score (nSPS) is 14.0. The Kier molecular flexibility index (Phi) is 16.0. The van der Waals surface area contributed by atoms with Crippen LogP contribution < -0.4 is 5.32 Å². The van der Waals surface area contributed by atoms with Crippen molar-refractivity contribution in [1.82, 2.24) is 5.32 Å². The van der Waals surface area contributed by atoms with Crippen molar-refractivity contribution in [2.24, 2.45) is 5.11 Å². The summed E-state index contributed by atoms with van der Waals surface area (Å²) in [6.07, 6.45) is -3.90. The molecule has 0 radical (unpaired) electrons. The number of rotatable bonds is 21. The highest BCUT2D eigenvalue weighted by atomic mass is 16.6. The number of nitrogens with one attached hydrogen (secondary N) is 1. The molecule has 0 heterocycles. The first kappa shape index (κ1) is 37.8. The molecule has 5 atom stereocenters. The summed E-state index contributed by atoms with van der Waals surface area (Å²) in [6, 6.07) is 37.3. The number of azide groups is 1. The van der Waals surface area contributed by atoms with Crippen LogP contribution >= 0.6 is 0 Å². The molecular formula is C39H44N4O7. The fourth-order valence-electron chi connectivity index (χ4n) is 5.38. The van der Waals surface area contributed by atoms with Crippen LogP contribution in [-0.4, -0.2) is 55.5 Å². The third kappa shape index (κ3) is 13.1. The van der Waals surface area contributed by atoms with Crippen molar-refractivity contribution in [1.29, 1.82) is 0 Å². The molecule has 4 aromatic carbocycles. The smallest absolute Gasteiger partial charge is 0.303 e. The molecule has 0 unspecified atom stereocenters. The second-order valence-electron chi connectivity index (χ2n) is 11.6. The molecule has 1 amide bonds. The number of ether oxygens (including phenoxy) is 5. The Balaban J connectivity index is 1.74. The van der Waals surface area contributed by atoms with Gasteiger partial charge < -0.3 is 29.0 Å². The lowest BCUT2D eigenvalue weighted by molar-refractivity contribution is -0.190. The van der Waals surface area contributed by atoms with Crippen LogP contribution in [0.4, 0.5) is 0 Å².